The molecule has 10 heteroatoms. The lowest BCUT2D eigenvalue weighted by molar-refractivity contribution is -0.139. The smallest absolute Gasteiger partial charge is 0.264 e. The minimum absolute atomic E-state index is 0.0215. The van der Waals surface area contributed by atoms with Gasteiger partial charge in [0.15, 0.2) is 0 Å². The van der Waals surface area contributed by atoms with Gasteiger partial charge in [0.1, 0.15) is 12.6 Å². The minimum Gasteiger partial charge on any atom is -0.352 e. The first-order valence-electron chi connectivity index (χ1n) is 12.9. The quantitative estimate of drug-likeness (QED) is 0.305. The number of hydrogen-bond acceptors (Lipinski definition) is 4. The van der Waals surface area contributed by atoms with Crippen LogP contribution in [0.15, 0.2) is 65.6 Å². The van der Waals surface area contributed by atoms with Gasteiger partial charge in [0.05, 0.1) is 20.6 Å². The highest BCUT2D eigenvalue weighted by Gasteiger charge is 2.33. The number of rotatable bonds is 10. The highest BCUT2D eigenvalue weighted by Crippen LogP contribution is 2.28. The third-order valence-corrected chi connectivity index (χ3v) is 8.84. The fraction of sp³-hybridized carbons (Fsp3) is 0.333. The van der Waals surface area contributed by atoms with Gasteiger partial charge in [-0.2, -0.15) is 0 Å². The van der Waals surface area contributed by atoms with Gasteiger partial charge in [-0.1, -0.05) is 53.0 Å². The molecular weight excluding hydrogens is 569 g/mol. The topological polar surface area (TPSA) is 86.8 Å². The summed E-state index contributed by atoms with van der Waals surface area (Å²) in [4.78, 5) is 28.4. The number of hydrogen-bond donors (Lipinski definition) is 1. The lowest BCUT2D eigenvalue weighted by atomic mass is 10.1. The number of carbonyl (C=O) groups is 2. The molecule has 1 N–H and O–H groups in total. The number of sulfonamides is 1. The Morgan fingerprint density at radius 3 is 1.98 bits per heavy atom. The fourth-order valence-electron chi connectivity index (χ4n) is 4.28. The molecule has 3 aromatic carbocycles. The Balaban J connectivity index is 2.08. The Morgan fingerprint density at radius 2 is 1.43 bits per heavy atom. The number of aryl methyl sites for hydroxylation is 3. The number of amides is 2. The zero-order valence-electron chi connectivity index (χ0n) is 23.5. The normalized spacial score (nSPS) is 12.2. The molecule has 40 heavy (non-hydrogen) atoms. The van der Waals surface area contributed by atoms with Crippen molar-refractivity contribution in [3.8, 4) is 0 Å². The van der Waals surface area contributed by atoms with E-state index >= 15 is 0 Å². The molecule has 0 heterocycles. The van der Waals surface area contributed by atoms with E-state index in [1.165, 1.54) is 17.0 Å². The number of nitrogens with one attached hydrogen (secondary N) is 1. The summed E-state index contributed by atoms with van der Waals surface area (Å²) in [6.45, 7) is 10.4. The number of nitrogens with zero attached hydrogens (tertiary/aromatic N) is 2. The van der Waals surface area contributed by atoms with E-state index in [0.717, 1.165) is 21.0 Å². The summed E-state index contributed by atoms with van der Waals surface area (Å²) in [5, 5.41) is 3.50. The molecule has 7 nitrogen and oxygen atoms in total. The van der Waals surface area contributed by atoms with E-state index < -0.39 is 28.5 Å². The maximum atomic E-state index is 14.0. The van der Waals surface area contributed by atoms with Crippen molar-refractivity contribution in [2.75, 3.05) is 10.8 Å². The molecule has 214 valence electrons. The van der Waals surface area contributed by atoms with Crippen molar-refractivity contribution >= 4 is 50.7 Å². The van der Waals surface area contributed by atoms with Crippen LogP contribution >= 0.6 is 23.2 Å². The Labute approximate surface area is 247 Å². The van der Waals surface area contributed by atoms with Gasteiger partial charge in [0.25, 0.3) is 10.0 Å². The van der Waals surface area contributed by atoms with E-state index in [9.17, 15) is 18.0 Å². The van der Waals surface area contributed by atoms with Crippen LogP contribution < -0.4 is 9.62 Å². The van der Waals surface area contributed by atoms with Crippen molar-refractivity contribution in [1.29, 1.82) is 0 Å². The molecule has 3 rings (SSSR count). The third kappa shape index (κ3) is 7.77. The van der Waals surface area contributed by atoms with E-state index in [2.05, 4.69) is 5.32 Å². The van der Waals surface area contributed by atoms with E-state index in [1.54, 1.807) is 49.4 Å². The summed E-state index contributed by atoms with van der Waals surface area (Å²) in [6.07, 6.45) is 0. The van der Waals surface area contributed by atoms with Gasteiger partial charge in [-0.25, -0.2) is 8.42 Å². The predicted molar refractivity (Wildman–Crippen MR) is 161 cm³/mol. The van der Waals surface area contributed by atoms with Crippen LogP contribution in [-0.4, -0.2) is 43.8 Å². The summed E-state index contributed by atoms with van der Waals surface area (Å²) in [5.74, 6) is -0.907. The summed E-state index contributed by atoms with van der Waals surface area (Å²) in [6, 6.07) is 15.8. The number of halogens is 2. The van der Waals surface area contributed by atoms with Crippen molar-refractivity contribution in [3.63, 3.8) is 0 Å². The van der Waals surface area contributed by atoms with Crippen LogP contribution in [0.3, 0.4) is 0 Å². The minimum atomic E-state index is -4.14. The van der Waals surface area contributed by atoms with Gasteiger partial charge < -0.3 is 10.2 Å². The SMILES string of the molecule is Cc1ccc(S(=O)(=O)N(CC(=O)N(Cc2ccc(Cl)c(Cl)c2)[C@@H](C)C(=O)NC(C)C)c2cc(C)cc(C)c2)cc1. The Bertz CT molecular complexity index is 1470. The monoisotopic (exact) mass is 603 g/mol. The van der Waals surface area contributed by atoms with Crippen LogP contribution in [0.1, 0.15) is 43.0 Å². The van der Waals surface area contributed by atoms with Crippen LogP contribution in [0.25, 0.3) is 0 Å². The van der Waals surface area contributed by atoms with Crippen molar-refractivity contribution in [1.82, 2.24) is 10.2 Å². The lowest BCUT2D eigenvalue weighted by Crippen LogP contribution is -2.52. The van der Waals surface area contributed by atoms with Gasteiger partial charge >= 0.3 is 0 Å². The summed E-state index contributed by atoms with van der Waals surface area (Å²) in [7, 11) is -4.14. The fourth-order valence-corrected chi connectivity index (χ4v) is 6.00. The summed E-state index contributed by atoms with van der Waals surface area (Å²) in [5.41, 5.74) is 3.62. The average molecular weight is 605 g/mol. The van der Waals surface area contributed by atoms with E-state index in [1.807, 2.05) is 40.7 Å². The molecule has 0 unspecified atom stereocenters. The molecular formula is C30H35Cl2N3O4S. The molecule has 1 atom stereocenters. The first kappa shape index (κ1) is 31.5. The van der Waals surface area contributed by atoms with Crippen molar-refractivity contribution < 1.29 is 18.0 Å². The molecule has 0 fully saturated rings. The molecule has 0 radical (unpaired) electrons. The van der Waals surface area contributed by atoms with Crippen LogP contribution in [0.2, 0.25) is 10.0 Å². The molecule has 3 aromatic rings. The molecule has 0 aliphatic rings. The first-order chi connectivity index (χ1) is 18.7. The Kier molecular flexibility index (Phi) is 10.3. The van der Waals surface area contributed by atoms with Gasteiger partial charge in [-0.05, 0) is 94.6 Å². The molecule has 2 amide bonds. The first-order valence-corrected chi connectivity index (χ1v) is 15.1. The van der Waals surface area contributed by atoms with E-state index in [-0.39, 0.29) is 23.4 Å². The average Bonchev–Trinajstić information content (AvgIpc) is 2.86. The second-order valence-corrected chi connectivity index (χ2v) is 13.0. The van der Waals surface area contributed by atoms with Crippen LogP contribution in [-0.2, 0) is 26.2 Å². The largest absolute Gasteiger partial charge is 0.352 e. The molecule has 0 bridgehead atoms. The molecule has 0 saturated heterocycles. The number of anilines is 1. The van der Waals surface area contributed by atoms with E-state index in [0.29, 0.717) is 21.3 Å². The highest BCUT2D eigenvalue weighted by molar-refractivity contribution is 7.92. The molecule has 0 aliphatic heterocycles. The van der Waals surface area contributed by atoms with Crippen LogP contribution in [0.4, 0.5) is 5.69 Å². The summed E-state index contributed by atoms with van der Waals surface area (Å²) < 4.78 is 29.0. The lowest BCUT2D eigenvalue weighted by Gasteiger charge is -2.32. The number of carbonyl (C=O) groups excluding carboxylic acids is 2. The third-order valence-electron chi connectivity index (χ3n) is 6.32. The van der Waals surface area contributed by atoms with Crippen LogP contribution in [0, 0.1) is 20.8 Å². The zero-order valence-corrected chi connectivity index (χ0v) is 25.9. The molecule has 0 aromatic heterocycles. The second-order valence-electron chi connectivity index (χ2n) is 10.3. The standard InChI is InChI=1S/C30H35Cl2N3O4S/c1-19(2)33-30(37)23(6)34(17-24-9-12-27(31)28(32)16-24)29(36)18-35(25-14-21(4)13-22(5)15-25)40(38,39)26-10-7-20(3)8-11-26/h7-16,19,23H,17-18H2,1-6H3,(H,33,37)/t23-/m0/s1. The van der Waals surface area contributed by atoms with Crippen molar-refractivity contribution in [2.24, 2.45) is 0 Å². The molecule has 0 spiro atoms. The molecule has 0 saturated carbocycles. The van der Waals surface area contributed by atoms with Gasteiger partial charge in [0, 0.05) is 12.6 Å². The maximum absolute atomic E-state index is 14.0. The van der Waals surface area contributed by atoms with E-state index in [4.69, 9.17) is 23.2 Å². The number of benzene rings is 3. The van der Waals surface area contributed by atoms with Gasteiger partial charge in [-0.3, -0.25) is 13.9 Å². The second kappa shape index (κ2) is 13.1. The van der Waals surface area contributed by atoms with Gasteiger partial charge in [0.2, 0.25) is 11.8 Å². The maximum Gasteiger partial charge on any atom is 0.264 e. The predicted octanol–water partition coefficient (Wildman–Crippen LogP) is 6.06. The molecule has 0 aliphatic carbocycles. The van der Waals surface area contributed by atoms with Crippen molar-refractivity contribution in [3.05, 3.63) is 93.0 Å². The Hall–Kier alpha value is -3.07. The zero-order chi connectivity index (χ0) is 29.8. The van der Waals surface area contributed by atoms with Crippen LogP contribution in [0.5, 0.6) is 0 Å². The van der Waals surface area contributed by atoms with Gasteiger partial charge in [-0.15, -0.1) is 0 Å². The highest BCUT2D eigenvalue weighted by atomic mass is 35.5. The summed E-state index contributed by atoms with van der Waals surface area (Å²) >= 11 is 12.3. The Morgan fingerprint density at radius 1 is 0.825 bits per heavy atom. The van der Waals surface area contributed by atoms with Crippen molar-refractivity contribution in [2.45, 2.75) is 65.1 Å².